The Hall–Kier alpha value is -2.41. The fourth-order valence-electron chi connectivity index (χ4n) is 4.88. The average molecular weight is 392 g/mol. The number of para-hydroxylation sites is 1. The van der Waals surface area contributed by atoms with Gasteiger partial charge in [0, 0.05) is 74.6 Å². The number of benzene rings is 1. The van der Waals surface area contributed by atoms with Crippen LogP contribution < -0.4 is 4.90 Å². The van der Waals surface area contributed by atoms with Gasteiger partial charge >= 0.3 is 0 Å². The number of aryl methyl sites for hydroxylation is 1. The maximum atomic E-state index is 10.8. The maximum Gasteiger partial charge on any atom is 0.128 e. The highest BCUT2D eigenvalue weighted by Gasteiger charge is 2.37. The molecule has 5 rings (SSSR count). The molecule has 1 aromatic carbocycles. The second kappa shape index (κ2) is 7.78. The average Bonchev–Trinajstić information content (AvgIpc) is 3.29. The number of aliphatic hydroxyl groups is 1. The molecule has 6 nitrogen and oxygen atoms in total. The Kier molecular flexibility index (Phi) is 4.99. The topological polar surface area (TPSA) is 58.6 Å². The van der Waals surface area contributed by atoms with Crippen molar-refractivity contribution in [3.63, 3.8) is 0 Å². The van der Waals surface area contributed by atoms with Crippen LogP contribution in [0, 0.1) is 6.92 Å². The van der Waals surface area contributed by atoms with Gasteiger partial charge in [-0.3, -0.25) is 9.80 Å². The van der Waals surface area contributed by atoms with E-state index < -0.39 is 0 Å². The van der Waals surface area contributed by atoms with E-state index in [1.54, 1.807) is 0 Å². The van der Waals surface area contributed by atoms with Crippen molar-refractivity contribution in [1.82, 2.24) is 19.8 Å². The monoisotopic (exact) mass is 391 g/mol. The number of aromatic amines is 1. The normalized spacial score (nSPS) is 23.9. The molecule has 0 bridgehead atoms. The highest BCUT2D eigenvalue weighted by molar-refractivity contribution is 5.84. The maximum absolute atomic E-state index is 10.8. The van der Waals surface area contributed by atoms with Crippen LogP contribution in [0.5, 0.6) is 0 Å². The van der Waals surface area contributed by atoms with Gasteiger partial charge in [0.15, 0.2) is 0 Å². The molecule has 2 saturated heterocycles. The number of pyridine rings is 1. The van der Waals surface area contributed by atoms with Crippen molar-refractivity contribution >= 4 is 16.7 Å². The molecule has 2 aliphatic rings. The van der Waals surface area contributed by atoms with Crippen LogP contribution in [0.1, 0.15) is 11.3 Å². The van der Waals surface area contributed by atoms with Crippen molar-refractivity contribution < 1.29 is 5.11 Å². The second-order valence-electron chi connectivity index (χ2n) is 8.31. The largest absolute Gasteiger partial charge is 0.390 e. The zero-order valence-corrected chi connectivity index (χ0v) is 17.0. The third-order valence-electron chi connectivity index (χ3n) is 6.54. The van der Waals surface area contributed by atoms with E-state index in [2.05, 4.69) is 61.9 Å². The Morgan fingerprint density at radius 3 is 2.59 bits per heavy atom. The first-order valence-electron chi connectivity index (χ1n) is 10.6. The lowest BCUT2D eigenvalue weighted by Gasteiger charge is -2.39. The van der Waals surface area contributed by atoms with Gasteiger partial charge in [-0.25, -0.2) is 4.98 Å². The molecule has 4 heterocycles. The molecule has 2 aliphatic heterocycles. The second-order valence-corrected chi connectivity index (χ2v) is 8.31. The predicted molar refractivity (Wildman–Crippen MR) is 116 cm³/mol. The number of hydrogen-bond acceptors (Lipinski definition) is 5. The summed E-state index contributed by atoms with van der Waals surface area (Å²) in [4.78, 5) is 15.2. The summed E-state index contributed by atoms with van der Waals surface area (Å²) < 4.78 is 0. The summed E-state index contributed by atoms with van der Waals surface area (Å²) in [5.41, 5.74) is 3.78. The number of nitrogens with zero attached hydrogens (tertiary/aromatic N) is 4. The Morgan fingerprint density at radius 1 is 1.03 bits per heavy atom. The Bertz CT molecular complexity index is 964. The lowest BCUT2D eigenvalue weighted by molar-refractivity contribution is 0.0790. The molecule has 0 unspecified atom stereocenters. The first kappa shape index (κ1) is 18.6. The molecule has 0 amide bonds. The zero-order chi connectivity index (χ0) is 19.8. The minimum atomic E-state index is -0.291. The lowest BCUT2D eigenvalue weighted by atomic mass is 10.1. The van der Waals surface area contributed by atoms with Crippen LogP contribution in [0.2, 0.25) is 0 Å². The molecule has 29 heavy (non-hydrogen) atoms. The van der Waals surface area contributed by atoms with Gasteiger partial charge in [-0.2, -0.15) is 0 Å². The number of β-amino-alcohol motifs (C(OH)–C–C–N with tert-alkyl or cyclic N) is 1. The number of likely N-dealkylation sites (tertiary alicyclic amines) is 1. The zero-order valence-electron chi connectivity index (χ0n) is 17.0. The van der Waals surface area contributed by atoms with Gasteiger partial charge in [-0.1, -0.05) is 24.3 Å². The molecule has 2 aromatic heterocycles. The summed E-state index contributed by atoms with van der Waals surface area (Å²) in [7, 11) is 0. The number of aliphatic hydroxyl groups excluding tert-OH is 1. The smallest absolute Gasteiger partial charge is 0.128 e. The van der Waals surface area contributed by atoms with Gasteiger partial charge in [0.05, 0.1) is 6.10 Å². The molecule has 2 N–H and O–H groups in total. The SMILES string of the molecule is Cc1c(CN2C[C@H](O)[C@@H](N3CCN(c4ccccn4)CC3)C2)[nH]c2ccccc12. The van der Waals surface area contributed by atoms with Crippen LogP contribution in [0.4, 0.5) is 5.82 Å². The number of hydrogen-bond donors (Lipinski definition) is 2. The standard InChI is InChI=1S/C23H29N5O/c1-17-18-6-2-3-7-19(18)25-20(17)14-26-15-21(22(29)16-26)27-10-12-28(13-11-27)23-8-4-5-9-24-23/h2-9,21-22,25,29H,10-16H2,1H3/t21-,22-/m0/s1. The van der Waals surface area contributed by atoms with Crippen LogP contribution in [0.15, 0.2) is 48.7 Å². The van der Waals surface area contributed by atoms with Gasteiger partial charge in [0.2, 0.25) is 0 Å². The molecule has 2 atom stereocenters. The fraction of sp³-hybridized carbons (Fsp3) is 0.435. The van der Waals surface area contributed by atoms with E-state index in [1.807, 2.05) is 18.3 Å². The van der Waals surface area contributed by atoms with Gasteiger partial charge in [-0.05, 0) is 30.7 Å². The minimum Gasteiger partial charge on any atom is -0.390 e. The summed E-state index contributed by atoms with van der Waals surface area (Å²) in [5, 5.41) is 12.1. The number of nitrogens with one attached hydrogen (secondary N) is 1. The van der Waals surface area contributed by atoms with Crippen LogP contribution in [-0.4, -0.2) is 76.3 Å². The van der Waals surface area contributed by atoms with E-state index in [0.717, 1.165) is 51.6 Å². The fourth-order valence-corrected chi connectivity index (χ4v) is 4.88. The number of H-pyrrole nitrogens is 1. The quantitative estimate of drug-likeness (QED) is 0.714. The van der Waals surface area contributed by atoms with Gasteiger partial charge in [-0.15, -0.1) is 0 Å². The van der Waals surface area contributed by atoms with Crippen molar-refractivity contribution in [3.05, 3.63) is 59.9 Å². The Labute approximate surface area is 171 Å². The van der Waals surface area contributed by atoms with Gasteiger partial charge < -0.3 is 15.0 Å². The van der Waals surface area contributed by atoms with E-state index in [-0.39, 0.29) is 12.1 Å². The van der Waals surface area contributed by atoms with Crippen molar-refractivity contribution in [2.24, 2.45) is 0 Å². The van der Waals surface area contributed by atoms with Crippen molar-refractivity contribution in [2.45, 2.75) is 25.6 Å². The van der Waals surface area contributed by atoms with Gasteiger partial charge in [0.1, 0.15) is 5.82 Å². The third kappa shape index (κ3) is 3.64. The third-order valence-corrected chi connectivity index (χ3v) is 6.54. The minimum absolute atomic E-state index is 0.213. The number of aromatic nitrogens is 2. The molecule has 0 aliphatic carbocycles. The first-order valence-corrected chi connectivity index (χ1v) is 10.6. The number of fused-ring (bicyclic) bond motifs is 1. The van der Waals surface area contributed by atoms with E-state index in [9.17, 15) is 5.11 Å². The van der Waals surface area contributed by atoms with E-state index in [1.165, 1.54) is 22.2 Å². The molecular formula is C23H29N5O. The summed E-state index contributed by atoms with van der Waals surface area (Å²) >= 11 is 0. The number of anilines is 1. The highest BCUT2D eigenvalue weighted by atomic mass is 16.3. The Balaban J connectivity index is 1.21. The predicted octanol–water partition coefficient (Wildman–Crippen LogP) is 2.24. The molecule has 0 saturated carbocycles. The Morgan fingerprint density at radius 2 is 1.83 bits per heavy atom. The van der Waals surface area contributed by atoms with Crippen molar-refractivity contribution in [1.29, 1.82) is 0 Å². The summed E-state index contributed by atoms with van der Waals surface area (Å²) in [6.45, 7) is 8.56. The summed E-state index contributed by atoms with van der Waals surface area (Å²) in [6.07, 6.45) is 1.56. The van der Waals surface area contributed by atoms with Crippen LogP contribution in [0.25, 0.3) is 10.9 Å². The summed E-state index contributed by atoms with van der Waals surface area (Å²) in [5.74, 6) is 1.05. The molecule has 6 heteroatoms. The van der Waals surface area contributed by atoms with E-state index in [4.69, 9.17) is 0 Å². The molecule has 152 valence electrons. The van der Waals surface area contributed by atoms with Crippen molar-refractivity contribution in [2.75, 3.05) is 44.2 Å². The molecule has 0 spiro atoms. The van der Waals surface area contributed by atoms with E-state index >= 15 is 0 Å². The molecular weight excluding hydrogens is 362 g/mol. The van der Waals surface area contributed by atoms with Crippen LogP contribution in [-0.2, 0) is 6.54 Å². The lowest BCUT2D eigenvalue weighted by Crippen LogP contribution is -2.53. The molecule has 0 radical (unpaired) electrons. The van der Waals surface area contributed by atoms with E-state index in [0.29, 0.717) is 0 Å². The highest BCUT2D eigenvalue weighted by Crippen LogP contribution is 2.25. The van der Waals surface area contributed by atoms with Crippen molar-refractivity contribution in [3.8, 4) is 0 Å². The first-order chi connectivity index (χ1) is 14.2. The summed E-state index contributed by atoms with van der Waals surface area (Å²) in [6, 6.07) is 14.8. The van der Waals surface area contributed by atoms with Crippen LogP contribution in [0.3, 0.4) is 0 Å². The number of piperazine rings is 1. The van der Waals surface area contributed by atoms with Gasteiger partial charge in [0.25, 0.3) is 0 Å². The van der Waals surface area contributed by atoms with Crippen LogP contribution >= 0.6 is 0 Å². The number of rotatable bonds is 4. The molecule has 2 fully saturated rings. The molecule has 3 aromatic rings.